The Labute approximate surface area is 282 Å². The first-order chi connectivity index (χ1) is 23.6. The fourth-order valence-electron chi connectivity index (χ4n) is 7.85. The molecule has 9 aromatic rings. The molecule has 1 aliphatic rings. The predicted molar refractivity (Wildman–Crippen MR) is 205 cm³/mol. The second-order valence-corrected chi connectivity index (χ2v) is 13.8. The summed E-state index contributed by atoms with van der Waals surface area (Å²) in [5.74, 6) is 0.917. The van der Waals surface area contributed by atoms with Gasteiger partial charge in [-0.2, -0.15) is 0 Å². The Hall–Kier alpha value is -5.71. The number of benzene rings is 6. The summed E-state index contributed by atoms with van der Waals surface area (Å²) in [6.07, 6.45) is 4.38. The summed E-state index contributed by atoms with van der Waals surface area (Å²) in [5.41, 5.74) is 13.0. The summed E-state index contributed by atoms with van der Waals surface area (Å²) < 4.78 is 9.28. The molecule has 4 heterocycles. The zero-order valence-corrected chi connectivity index (χ0v) is 27.7. The lowest BCUT2D eigenvalue weighted by Crippen LogP contribution is -2.19. The molecule has 0 saturated carbocycles. The molecule has 3 nitrogen and oxygen atoms in total. The van der Waals surface area contributed by atoms with Crippen molar-refractivity contribution < 1.29 is 4.42 Å². The third-order valence-corrected chi connectivity index (χ3v) is 11.1. The first-order valence-corrected chi connectivity index (χ1v) is 17.2. The van der Waals surface area contributed by atoms with Crippen molar-refractivity contribution in [2.75, 3.05) is 4.90 Å². The summed E-state index contributed by atoms with van der Waals surface area (Å²) in [5, 5.41) is 6.07. The maximum Gasteiger partial charge on any atom is 0.162 e. The van der Waals surface area contributed by atoms with E-state index in [1.165, 1.54) is 53.2 Å². The van der Waals surface area contributed by atoms with Crippen molar-refractivity contribution in [1.82, 2.24) is 4.98 Å². The lowest BCUT2D eigenvalue weighted by molar-refractivity contribution is 0.669. The molecule has 10 rings (SSSR count). The van der Waals surface area contributed by atoms with E-state index in [-0.39, 0.29) is 0 Å². The molecular weight excluding hydrogens is 605 g/mol. The molecular formula is C44H30N2OS. The zero-order chi connectivity index (χ0) is 32.1. The van der Waals surface area contributed by atoms with Crippen LogP contribution in [0.2, 0.25) is 0 Å². The van der Waals surface area contributed by atoms with Gasteiger partial charge in [-0.05, 0) is 73.2 Å². The number of pyridine rings is 1. The van der Waals surface area contributed by atoms with Crippen molar-refractivity contribution in [2.24, 2.45) is 0 Å². The first kappa shape index (κ1) is 27.4. The number of hydrogen-bond acceptors (Lipinski definition) is 4. The van der Waals surface area contributed by atoms with E-state index in [0.29, 0.717) is 0 Å². The number of fused-ring (bicyclic) bond motifs is 8. The second-order valence-electron chi connectivity index (χ2n) is 12.7. The first-order valence-electron chi connectivity index (χ1n) is 16.4. The average Bonchev–Trinajstić information content (AvgIpc) is 3.67. The Bertz CT molecular complexity index is 2830. The van der Waals surface area contributed by atoms with E-state index in [9.17, 15) is 0 Å². The minimum atomic E-state index is 0.826. The second kappa shape index (κ2) is 10.1. The lowest BCUT2D eigenvalue weighted by atomic mass is 9.87. The van der Waals surface area contributed by atoms with Gasteiger partial charge in [0.25, 0.3) is 0 Å². The van der Waals surface area contributed by atoms with Crippen LogP contribution >= 0.6 is 11.3 Å². The molecule has 3 aromatic heterocycles. The van der Waals surface area contributed by atoms with Crippen LogP contribution in [0.3, 0.4) is 0 Å². The molecule has 0 atom stereocenters. The van der Waals surface area contributed by atoms with Crippen LogP contribution in [0.1, 0.15) is 23.6 Å². The van der Waals surface area contributed by atoms with Crippen molar-refractivity contribution >= 4 is 87.6 Å². The fraction of sp³-hybridized carbons (Fsp3) is 0.0682. The van der Waals surface area contributed by atoms with Gasteiger partial charge < -0.3 is 4.42 Å². The topological polar surface area (TPSA) is 29.3 Å². The molecule has 4 heteroatoms. The summed E-state index contributed by atoms with van der Waals surface area (Å²) in [6, 6.07) is 41.6. The molecule has 6 aromatic carbocycles. The van der Waals surface area contributed by atoms with Crippen LogP contribution in [-0.2, 0) is 0 Å². The molecule has 0 radical (unpaired) electrons. The number of nitrogens with zero attached hydrogens (tertiary/aromatic N) is 2. The number of para-hydroxylation sites is 1. The SMILES string of the molecule is C/C=C\c1c(C)ccc2c1N(c1nc3c(oc4ccccc43)c(-c3ccc4c(c3)sc3ccccc34)c1C)c1cccc3cccc-2c13. The third kappa shape index (κ3) is 3.72. The maximum absolute atomic E-state index is 6.71. The van der Waals surface area contributed by atoms with Crippen LogP contribution in [-0.4, -0.2) is 4.98 Å². The quantitative estimate of drug-likeness (QED) is 0.194. The minimum Gasteiger partial charge on any atom is -0.454 e. The Balaban J connectivity index is 1.35. The predicted octanol–water partition coefficient (Wildman–Crippen LogP) is 13.3. The number of allylic oxidation sites excluding steroid dienone is 1. The molecule has 0 spiro atoms. The molecule has 0 unspecified atom stereocenters. The van der Waals surface area contributed by atoms with E-state index >= 15 is 0 Å². The van der Waals surface area contributed by atoms with Gasteiger partial charge in [-0.15, -0.1) is 11.3 Å². The Kier molecular flexibility index (Phi) is 5.79. The van der Waals surface area contributed by atoms with Crippen LogP contribution in [0.15, 0.2) is 126 Å². The highest BCUT2D eigenvalue weighted by Crippen LogP contribution is 2.54. The highest BCUT2D eigenvalue weighted by molar-refractivity contribution is 7.25. The van der Waals surface area contributed by atoms with Crippen LogP contribution < -0.4 is 4.90 Å². The molecule has 0 aliphatic carbocycles. The van der Waals surface area contributed by atoms with Gasteiger partial charge in [0.05, 0.1) is 11.4 Å². The van der Waals surface area contributed by atoms with Crippen molar-refractivity contribution in [3.63, 3.8) is 0 Å². The molecule has 0 N–H and O–H groups in total. The van der Waals surface area contributed by atoms with E-state index in [4.69, 9.17) is 9.40 Å². The molecule has 0 bridgehead atoms. The van der Waals surface area contributed by atoms with Crippen molar-refractivity contribution in [3.8, 4) is 22.3 Å². The number of hydrogen-bond donors (Lipinski definition) is 0. The largest absolute Gasteiger partial charge is 0.454 e. The molecule has 0 amide bonds. The number of thiophene rings is 1. The van der Waals surface area contributed by atoms with Gasteiger partial charge in [0.2, 0.25) is 0 Å². The Morgan fingerprint density at radius 3 is 2.40 bits per heavy atom. The Morgan fingerprint density at radius 1 is 0.729 bits per heavy atom. The standard InChI is InChI=1S/C44H30N2OS/c1-4-11-29-25(2)20-22-33-32-16-9-12-27-13-10-17-35(40(27)32)46(42(29)33)44-26(3)39(43-41(45-44)34-15-5-7-18-36(34)47-43)28-21-23-31-30-14-6-8-19-37(30)48-38(31)24-28/h4-24H,1-3H3/b11-4-. The number of anilines is 3. The summed E-state index contributed by atoms with van der Waals surface area (Å²) in [6.45, 7) is 6.51. The van der Waals surface area contributed by atoms with E-state index in [2.05, 4.69) is 141 Å². The summed E-state index contributed by atoms with van der Waals surface area (Å²) >= 11 is 1.84. The highest BCUT2D eigenvalue weighted by atomic mass is 32.1. The van der Waals surface area contributed by atoms with Crippen LogP contribution in [0, 0.1) is 13.8 Å². The normalized spacial score (nSPS) is 12.8. The van der Waals surface area contributed by atoms with Gasteiger partial charge in [-0.25, -0.2) is 4.98 Å². The smallest absolute Gasteiger partial charge is 0.162 e. The van der Waals surface area contributed by atoms with E-state index in [1.54, 1.807) is 0 Å². The third-order valence-electron chi connectivity index (χ3n) is 10.0. The number of furan rings is 1. The molecule has 48 heavy (non-hydrogen) atoms. The highest BCUT2D eigenvalue weighted by Gasteiger charge is 2.32. The van der Waals surface area contributed by atoms with Crippen molar-refractivity contribution in [2.45, 2.75) is 20.8 Å². The monoisotopic (exact) mass is 634 g/mol. The van der Waals surface area contributed by atoms with Gasteiger partial charge in [0.15, 0.2) is 5.58 Å². The van der Waals surface area contributed by atoms with E-state index in [0.717, 1.165) is 56.0 Å². The van der Waals surface area contributed by atoms with Crippen molar-refractivity contribution in [3.05, 3.63) is 138 Å². The molecule has 0 saturated heterocycles. The minimum absolute atomic E-state index is 0.826. The van der Waals surface area contributed by atoms with Crippen LogP contribution in [0.5, 0.6) is 0 Å². The zero-order valence-electron chi connectivity index (χ0n) is 26.8. The number of aryl methyl sites for hydroxylation is 1. The number of rotatable bonds is 3. The average molecular weight is 635 g/mol. The summed E-state index contributed by atoms with van der Waals surface area (Å²) in [7, 11) is 0. The van der Waals surface area contributed by atoms with Gasteiger partial charge in [-0.3, -0.25) is 4.90 Å². The summed E-state index contributed by atoms with van der Waals surface area (Å²) in [4.78, 5) is 7.99. The maximum atomic E-state index is 6.71. The Morgan fingerprint density at radius 2 is 1.52 bits per heavy atom. The van der Waals surface area contributed by atoms with Gasteiger partial charge in [0, 0.05) is 53.2 Å². The van der Waals surface area contributed by atoms with E-state index < -0.39 is 0 Å². The van der Waals surface area contributed by atoms with E-state index in [1.807, 2.05) is 23.5 Å². The molecule has 0 fully saturated rings. The number of aromatic nitrogens is 1. The molecule has 1 aliphatic heterocycles. The lowest BCUT2D eigenvalue weighted by Gasteiger charge is -2.35. The van der Waals surface area contributed by atoms with Gasteiger partial charge in [-0.1, -0.05) is 97.1 Å². The molecule has 228 valence electrons. The van der Waals surface area contributed by atoms with Gasteiger partial charge >= 0.3 is 0 Å². The van der Waals surface area contributed by atoms with Crippen LogP contribution in [0.25, 0.3) is 81.3 Å². The van der Waals surface area contributed by atoms with Gasteiger partial charge in [0.1, 0.15) is 16.9 Å². The van der Waals surface area contributed by atoms with Crippen molar-refractivity contribution in [1.29, 1.82) is 0 Å². The van der Waals surface area contributed by atoms with Crippen LogP contribution in [0.4, 0.5) is 17.2 Å². The fourth-order valence-corrected chi connectivity index (χ4v) is 8.99.